The SMILES string of the molecule is Cc1noc(C)c1C(C)Nc1cccc(Cl)c1N. The highest BCUT2D eigenvalue weighted by Crippen LogP contribution is 2.31. The number of hydrogen-bond donors (Lipinski definition) is 2. The third-order valence-electron chi connectivity index (χ3n) is 2.95. The van der Waals surface area contributed by atoms with Crippen molar-refractivity contribution in [2.45, 2.75) is 26.8 Å². The molecule has 1 aromatic carbocycles. The maximum atomic E-state index is 5.99. The second-order valence-electron chi connectivity index (χ2n) is 4.30. The Labute approximate surface area is 111 Å². The van der Waals surface area contributed by atoms with Gasteiger partial charge in [0, 0.05) is 5.56 Å². The first-order valence-electron chi connectivity index (χ1n) is 5.74. The van der Waals surface area contributed by atoms with Crippen molar-refractivity contribution in [3.63, 3.8) is 0 Å². The first kappa shape index (κ1) is 12.8. The van der Waals surface area contributed by atoms with Crippen LogP contribution in [0.25, 0.3) is 0 Å². The summed E-state index contributed by atoms with van der Waals surface area (Å²) in [6.07, 6.45) is 0. The summed E-state index contributed by atoms with van der Waals surface area (Å²) < 4.78 is 5.16. The lowest BCUT2D eigenvalue weighted by molar-refractivity contribution is 0.392. The van der Waals surface area contributed by atoms with Crippen molar-refractivity contribution in [2.24, 2.45) is 0 Å². The number of aromatic nitrogens is 1. The molecule has 96 valence electrons. The fraction of sp³-hybridized carbons (Fsp3) is 0.308. The number of nitrogen functional groups attached to an aromatic ring is 1. The van der Waals surface area contributed by atoms with Crippen LogP contribution in [-0.2, 0) is 0 Å². The Hall–Kier alpha value is -1.68. The summed E-state index contributed by atoms with van der Waals surface area (Å²) in [6, 6.07) is 5.58. The molecule has 1 atom stereocenters. The Morgan fingerprint density at radius 3 is 2.72 bits per heavy atom. The first-order chi connectivity index (χ1) is 8.50. The van der Waals surface area contributed by atoms with Crippen molar-refractivity contribution in [1.82, 2.24) is 5.16 Å². The van der Waals surface area contributed by atoms with E-state index < -0.39 is 0 Å². The van der Waals surface area contributed by atoms with Crippen molar-refractivity contribution in [1.29, 1.82) is 0 Å². The standard InChI is InChI=1S/C13H16ClN3O/c1-7(12-8(2)17-18-9(12)3)16-11-6-4-5-10(14)13(11)15/h4-7,16H,15H2,1-3H3. The maximum Gasteiger partial charge on any atom is 0.139 e. The highest BCUT2D eigenvalue weighted by molar-refractivity contribution is 6.33. The molecule has 0 fully saturated rings. The lowest BCUT2D eigenvalue weighted by Gasteiger charge is -2.17. The van der Waals surface area contributed by atoms with Gasteiger partial charge >= 0.3 is 0 Å². The van der Waals surface area contributed by atoms with Crippen LogP contribution in [0.3, 0.4) is 0 Å². The summed E-state index contributed by atoms with van der Waals surface area (Å²) in [5.41, 5.74) is 9.23. The predicted molar refractivity (Wildman–Crippen MR) is 73.9 cm³/mol. The molecule has 3 N–H and O–H groups in total. The van der Waals surface area contributed by atoms with Gasteiger partial charge in [-0.05, 0) is 32.9 Å². The summed E-state index contributed by atoms with van der Waals surface area (Å²) in [6.45, 7) is 5.85. The van der Waals surface area contributed by atoms with Gasteiger partial charge in [-0.25, -0.2) is 0 Å². The van der Waals surface area contributed by atoms with E-state index in [0.29, 0.717) is 10.7 Å². The molecule has 0 saturated carbocycles. The number of anilines is 2. The minimum absolute atomic E-state index is 0.0528. The summed E-state index contributed by atoms with van der Waals surface area (Å²) in [4.78, 5) is 0. The molecular weight excluding hydrogens is 250 g/mol. The fourth-order valence-electron chi connectivity index (χ4n) is 2.08. The molecule has 0 spiro atoms. The summed E-state index contributed by atoms with van der Waals surface area (Å²) in [7, 11) is 0. The molecule has 0 aliphatic heterocycles. The van der Waals surface area contributed by atoms with E-state index in [9.17, 15) is 0 Å². The quantitative estimate of drug-likeness (QED) is 0.831. The van der Waals surface area contributed by atoms with Crippen LogP contribution >= 0.6 is 11.6 Å². The normalized spacial score (nSPS) is 12.4. The van der Waals surface area contributed by atoms with E-state index in [4.69, 9.17) is 21.9 Å². The molecule has 0 amide bonds. The van der Waals surface area contributed by atoms with Gasteiger partial charge in [-0.3, -0.25) is 0 Å². The number of para-hydroxylation sites is 1. The topological polar surface area (TPSA) is 64.1 Å². The van der Waals surface area contributed by atoms with Crippen LogP contribution in [0.15, 0.2) is 22.7 Å². The minimum atomic E-state index is 0.0528. The van der Waals surface area contributed by atoms with Gasteiger partial charge in [-0.2, -0.15) is 0 Å². The minimum Gasteiger partial charge on any atom is -0.396 e. The largest absolute Gasteiger partial charge is 0.396 e. The van der Waals surface area contributed by atoms with Crippen molar-refractivity contribution >= 4 is 23.0 Å². The molecule has 0 aliphatic rings. The molecule has 0 radical (unpaired) electrons. The van der Waals surface area contributed by atoms with Gasteiger partial charge < -0.3 is 15.6 Å². The van der Waals surface area contributed by atoms with E-state index in [-0.39, 0.29) is 6.04 Å². The number of nitrogens with two attached hydrogens (primary N) is 1. The average molecular weight is 266 g/mol. The molecular formula is C13H16ClN3O. The van der Waals surface area contributed by atoms with Crippen LogP contribution in [0.2, 0.25) is 5.02 Å². The zero-order chi connectivity index (χ0) is 13.3. The lowest BCUT2D eigenvalue weighted by atomic mass is 10.1. The zero-order valence-electron chi connectivity index (χ0n) is 10.6. The van der Waals surface area contributed by atoms with Gasteiger partial charge in [0.2, 0.25) is 0 Å². The molecule has 1 heterocycles. The van der Waals surface area contributed by atoms with Gasteiger partial charge in [0.15, 0.2) is 0 Å². The van der Waals surface area contributed by atoms with Gasteiger partial charge in [-0.1, -0.05) is 22.8 Å². The highest BCUT2D eigenvalue weighted by atomic mass is 35.5. The number of benzene rings is 1. The van der Waals surface area contributed by atoms with Crippen molar-refractivity contribution in [3.05, 3.63) is 40.2 Å². The monoisotopic (exact) mass is 265 g/mol. The second-order valence-corrected chi connectivity index (χ2v) is 4.71. The van der Waals surface area contributed by atoms with Crippen LogP contribution in [-0.4, -0.2) is 5.16 Å². The molecule has 2 aromatic rings. The summed E-state index contributed by atoms with van der Waals surface area (Å²) in [5.74, 6) is 0.813. The van der Waals surface area contributed by atoms with Gasteiger partial charge in [0.05, 0.1) is 28.1 Å². The number of aryl methyl sites for hydroxylation is 2. The molecule has 1 unspecified atom stereocenters. The van der Waals surface area contributed by atoms with Crippen LogP contribution in [0, 0.1) is 13.8 Å². The van der Waals surface area contributed by atoms with E-state index in [1.807, 2.05) is 32.9 Å². The first-order valence-corrected chi connectivity index (χ1v) is 6.11. The highest BCUT2D eigenvalue weighted by Gasteiger charge is 2.17. The molecule has 2 rings (SSSR count). The number of hydrogen-bond acceptors (Lipinski definition) is 4. The fourth-order valence-corrected chi connectivity index (χ4v) is 2.25. The molecule has 0 bridgehead atoms. The second kappa shape index (κ2) is 4.90. The Balaban J connectivity index is 2.27. The van der Waals surface area contributed by atoms with Gasteiger partial charge in [0.1, 0.15) is 5.76 Å². The van der Waals surface area contributed by atoms with Crippen molar-refractivity contribution < 1.29 is 4.52 Å². The van der Waals surface area contributed by atoms with E-state index in [1.165, 1.54) is 0 Å². The van der Waals surface area contributed by atoms with Crippen molar-refractivity contribution in [3.8, 4) is 0 Å². The van der Waals surface area contributed by atoms with E-state index in [2.05, 4.69) is 10.5 Å². The Morgan fingerprint density at radius 1 is 1.39 bits per heavy atom. The Kier molecular flexibility index (Phi) is 3.48. The summed E-state index contributed by atoms with van der Waals surface area (Å²) in [5, 5.41) is 7.82. The number of halogens is 1. The van der Waals surface area contributed by atoms with Crippen LogP contribution < -0.4 is 11.1 Å². The summed E-state index contributed by atoms with van der Waals surface area (Å²) >= 11 is 5.99. The molecule has 0 saturated heterocycles. The van der Waals surface area contributed by atoms with E-state index >= 15 is 0 Å². The molecule has 0 aliphatic carbocycles. The number of nitrogens with one attached hydrogen (secondary N) is 1. The third kappa shape index (κ3) is 2.29. The Morgan fingerprint density at radius 2 is 2.11 bits per heavy atom. The molecule has 4 nitrogen and oxygen atoms in total. The smallest absolute Gasteiger partial charge is 0.139 e. The molecule has 18 heavy (non-hydrogen) atoms. The Bertz CT molecular complexity index is 546. The van der Waals surface area contributed by atoms with Crippen molar-refractivity contribution in [2.75, 3.05) is 11.1 Å². The van der Waals surface area contributed by atoms with Crippen LogP contribution in [0.4, 0.5) is 11.4 Å². The number of nitrogens with zero attached hydrogens (tertiary/aromatic N) is 1. The molecule has 5 heteroatoms. The number of rotatable bonds is 3. The zero-order valence-corrected chi connectivity index (χ0v) is 11.4. The van der Waals surface area contributed by atoms with Gasteiger partial charge in [0.25, 0.3) is 0 Å². The van der Waals surface area contributed by atoms with Crippen LogP contribution in [0.1, 0.15) is 30.0 Å². The molecule has 1 aromatic heterocycles. The van der Waals surface area contributed by atoms with E-state index in [1.54, 1.807) is 6.07 Å². The predicted octanol–water partition coefficient (Wildman–Crippen LogP) is 3.70. The lowest BCUT2D eigenvalue weighted by Crippen LogP contribution is -2.10. The van der Waals surface area contributed by atoms with Gasteiger partial charge in [-0.15, -0.1) is 0 Å². The average Bonchev–Trinajstić information content (AvgIpc) is 2.65. The third-order valence-corrected chi connectivity index (χ3v) is 3.28. The van der Waals surface area contributed by atoms with Crippen LogP contribution in [0.5, 0.6) is 0 Å². The maximum absolute atomic E-state index is 5.99. The van der Waals surface area contributed by atoms with E-state index in [0.717, 1.165) is 22.7 Å².